The Hall–Kier alpha value is -2.76. The maximum absolute atomic E-state index is 11.8. The average molecular weight is 411 g/mol. The van der Waals surface area contributed by atoms with Gasteiger partial charge in [0, 0.05) is 11.1 Å². The quantitative estimate of drug-likeness (QED) is 0.636. The topological polar surface area (TPSA) is 145 Å². The molecule has 0 aliphatic rings. The van der Waals surface area contributed by atoms with E-state index in [2.05, 4.69) is 5.32 Å². The summed E-state index contributed by atoms with van der Waals surface area (Å²) >= 11 is 0.755. The lowest BCUT2D eigenvalue weighted by Gasteiger charge is -2.10. The van der Waals surface area contributed by atoms with E-state index in [0.717, 1.165) is 28.5 Å². The number of urea groups is 1. The second kappa shape index (κ2) is 8.29. The highest BCUT2D eigenvalue weighted by molar-refractivity contribution is 7.91. The first kappa shape index (κ1) is 20.6. The molecule has 0 saturated heterocycles. The summed E-state index contributed by atoms with van der Waals surface area (Å²) in [4.78, 5) is 35.4. The predicted octanol–water partition coefficient (Wildman–Crippen LogP) is 1.52. The normalized spacial score (nSPS) is 10.9. The van der Waals surface area contributed by atoms with E-state index in [0.29, 0.717) is 5.69 Å². The number of imide groups is 1. The summed E-state index contributed by atoms with van der Waals surface area (Å²) in [7, 11) is -3.92. The first-order valence-corrected chi connectivity index (χ1v) is 9.95. The number of thiophene rings is 1. The summed E-state index contributed by atoms with van der Waals surface area (Å²) in [6.45, 7) is 3.01. The van der Waals surface area contributed by atoms with Crippen LogP contribution in [0, 0.1) is 13.8 Å². The Morgan fingerprint density at radius 1 is 1.19 bits per heavy atom. The predicted molar refractivity (Wildman–Crippen MR) is 99.1 cm³/mol. The third-order valence-corrected chi connectivity index (χ3v) is 5.70. The highest BCUT2D eigenvalue weighted by Crippen LogP contribution is 2.19. The number of rotatable bonds is 5. The molecule has 0 aliphatic heterocycles. The fourth-order valence-electron chi connectivity index (χ4n) is 2.06. The molecule has 0 atom stereocenters. The van der Waals surface area contributed by atoms with Gasteiger partial charge in [0.05, 0.1) is 5.56 Å². The Morgan fingerprint density at radius 2 is 1.89 bits per heavy atom. The number of sulfonamides is 1. The molecule has 0 spiro atoms. The summed E-state index contributed by atoms with van der Waals surface area (Å²) in [6.07, 6.45) is 0. The van der Waals surface area contributed by atoms with E-state index in [4.69, 9.17) is 9.88 Å². The average Bonchev–Trinajstić information content (AvgIpc) is 3.05. The lowest BCUT2D eigenvalue weighted by atomic mass is 10.1. The Morgan fingerprint density at radius 3 is 2.48 bits per heavy atom. The molecule has 0 aliphatic carbocycles. The molecule has 11 heteroatoms. The van der Waals surface area contributed by atoms with Crippen molar-refractivity contribution in [2.75, 3.05) is 11.9 Å². The Bertz CT molecular complexity index is 997. The zero-order valence-corrected chi connectivity index (χ0v) is 16.1. The van der Waals surface area contributed by atoms with Crippen LogP contribution >= 0.6 is 11.3 Å². The molecule has 0 fully saturated rings. The number of carbonyl (C=O) groups is 3. The van der Waals surface area contributed by atoms with Gasteiger partial charge in [0.25, 0.3) is 5.91 Å². The van der Waals surface area contributed by atoms with Crippen LogP contribution in [0.3, 0.4) is 0 Å². The van der Waals surface area contributed by atoms with Gasteiger partial charge in [-0.15, -0.1) is 11.3 Å². The van der Waals surface area contributed by atoms with Crippen LogP contribution in [0.25, 0.3) is 0 Å². The van der Waals surface area contributed by atoms with Crippen molar-refractivity contribution in [2.45, 2.75) is 18.1 Å². The van der Waals surface area contributed by atoms with Gasteiger partial charge in [-0.1, -0.05) is 17.7 Å². The maximum Gasteiger partial charge on any atom is 0.339 e. The minimum atomic E-state index is -3.92. The van der Waals surface area contributed by atoms with Gasteiger partial charge in [0.1, 0.15) is 4.21 Å². The summed E-state index contributed by atoms with van der Waals surface area (Å²) in [6, 6.07) is 5.66. The van der Waals surface area contributed by atoms with E-state index >= 15 is 0 Å². The molecule has 2 aromatic rings. The summed E-state index contributed by atoms with van der Waals surface area (Å²) in [5, 5.41) is 10.7. The molecule has 2 rings (SSSR count). The SMILES string of the molecule is Cc1ccc(NC(=O)NC(=O)COC(=O)c2csc(S(N)(=O)=O)c2)c(C)c1. The number of nitrogens with one attached hydrogen (secondary N) is 2. The number of ether oxygens (including phenoxy) is 1. The van der Waals surface area contributed by atoms with E-state index in [-0.39, 0.29) is 9.77 Å². The van der Waals surface area contributed by atoms with Crippen molar-refractivity contribution < 1.29 is 27.5 Å². The van der Waals surface area contributed by atoms with E-state index < -0.39 is 34.5 Å². The highest BCUT2D eigenvalue weighted by atomic mass is 32.2. The standard InChI is InChI=1S/C16H17N3O6S2/c1-9-3-4-12(10(2)5-9)18-16(22)19-13(20)7-25-15(21)11-6-14(26-8-11)27(17,23)24/h3-6,8H,7H2,1-2H3,(H2,17,23,24)(H2,18,19,20,22). The first-order valence-electron chi connectivity index (χ1n) is 7.53. The van der Waals surface area contributed by atoms with Crippen molar-refractivity contribution in [2.24, 2.45) is 5.14 Å². The number of carbonyl (C=O) groups excluding carboxylic acids is 3. The van der Waals surface area contributed by atoms with Gasteiger partial charge in [-0.05, 0) is 31.5 Å². The second-order valence-corrected chi connectivity index (χ2v) is 8.30. The Kier molecular flexibility index (Phi) is 6.31. The minimum absolute atomic E-state index is 0.0587. The van der Waals surface area contributed by atoms with Gasteiger partial charge in [0.2, 0.25) is 10.0 Å². The number of aryl methyl sites for hydroxylation is 2. The largest absolute Gasteiger partial charge is 0.452 e. The van der Waals surface area contributed by atoms with Gasteiger partial charge in [-0.25, -0.2) is 23.1 Å². The molecule has 3 amide bonds. The number of hydrogen-bond donors (Lipinski definition) is 3. The van der Waals surface area contributed by atoms with Gasteiger partial charge < -0.3 is 10.1 Å². The Labute approximate surface area is 159 Å². The number of amides is 3. The molecule has 1 aromatic carbocycles. The van der Waals surface area contributed by atoms with Gasteiger partial charge in [-0.2, -0.15) is 0 Å². The monoisotopic (exact) mass is 411 g/mol. The van der Waals surface area contributed by atoms with Crippen LogP contribution in [0.15, 0.2) is 33.9 Å². The molecule has 1 aromatic heterocycles. The number of primary sulfonamides is 1. The highest BCUT2D eigenvalue weighted by Gasteiger charge is 2.18. The molecule has 1 heterocycles. The molecule has 144 valence electrons. The number of anilines is 1. The molecular weight excluding hydrogens is 394 g/mol. The minimum Gasteiger partial charge on any atom is -0.452 e. The van der Waals surface area contributed by atoms with Gasteiger partial charge in [0.15, 0.2) is 6.61 Å². The number of nitrogens with two attached hydrogens (primary N) is 1. The van der Waals surface area contributed by atoms with Crippen LogP contribution in [-0.2, 0) is 19.6 Å². The summed E-state index contributed by atoms with van der Waals surface area (Å²) in [5.74, 6) is -1.75. The zero-order chi connectivity index (χ0) is 20.2. The summed E-state index contributed by atoms with van der Waals surface area (Å²) < 4.78 is 26.9. The number of benzene rings is 1. The molecule has 4 N–H and O–H groups in total. The molecular formula is C16H17N3O6S2. The fraction of sp³-hybridized carbons (Fsp3) is 0.188. The third kappa shape index (κ3) is 5.88. The first-order chi connectivity index (χ1) is 12.6. The van der Waals surface area contributed by atoms with Crippen molar-refractivity contribution in [3.05, 3.63) is 46.3 Å². The van der Waals surface area contributed by atoms with E-state index in [9.17, 15) is 22.8 Å². The van der Waals surface area contributed by atoms with Gasteiger partial charge >= 0.3 is 12.0 Å². The molecule has 27 heavy (non-hydrogen) atoms. The van der Waals surface area contributed by atoms with Crippen LogP contribution < -0.4 is 15.8 Å². The van der Waals surface area contributed by atoms with Crippen LogP contribution in [0.1, 0.15) is 21.5 Å². The maximum atomic E-state index is 11.8. The van der Waals surface area contributed by atoms with Crippen LogP contribution in [0.4, 0.5) is 10.5 Å². The van der Waals surface area contributed by atoms with E-state index in [1.165, 1.54) is 5.38 Å². The molecule has 0 radical (unpaired) electrons. The molecule has 0 saturated carbocycles. The number of esters is 1. The lowest BCUT2D eigenvalue weighted by molar-refractivity contribution is -0.123. The molecule has 0 unspecified atom stereocenters. The zero-order valence-electron chi connectivity index (χ0n) is 14.4. The Balaban J connectivity index is 1.85. The smallest absolute Gasteiger partial charge is 0.339 e. The van der Waals surface area contributed by atoms with Crippen LogP contribution in [0.2, 0.25) is 0 Å². The van der Waals surface area contributed by atoms with Crippen molar-refractivity contribution >= 4 is 45.0 Å². The third-order valence-electron chi connectivity index (χ3n) is 3.31. The molecule has 0 bridgehead atoms. The van der Waals surface area contributed by atoms with Crippen LogP contribution in [0.5, 0.6) is 0 Å². The lowest BCUT2D eigenvalue weighted by Crippen LogP contribution is -2.37. The van der Waals surface area contributed by atoms with Crippen LogP contribution in [-0.4, -0.2) is 32.9 Å². The number of hydrogen-bond acceptors (Lipinski definition) is 7. The van der Waals surface area contributed by atoms with Crippen molar-refractivity contribution in [3.63, 3.8) is 0 Å². The summed E-state index contributed by atoms with van der Waals surface area (Å²) in [5.41, 5.74) is 2.33. The van der Waals surface area contributed by atoms with E-state index in [1.54, 1.807) is 6.07 Å². The van der Waals surface area contributed by atoms with E-state index in [1.807, 2.05) is 31.3 Å². The molecule has 9 nitrogen and oxygen atoms in total. The van der Waals surface area contributed by atoms with Crippen molar-refractivity contribution in [3.8, 4) is 0 Å². The fourth-order valence-corrected chi connectivity index (χ4v) is 3.63. The second-order valence-electron chi connectivity index (χ2n) is 5.60. The van der Waals surface area contributed by atoms with Gasteiger partial charge in [-0.3, -0.25) is 10.1 Å². The van der Waals surface area contributed by atoms with Crippen molar-refractivity contribution in [1.29, 1.82) is 0 Å². The van der Waals surface area contributed by atoms with Crippen molar-refractivity contribution in [1.82, 2.24) is 5.32 Å².